The normalized spacial score (nSPS) is 21.3. The smallest absolute Gasteiger partial charge is 0.162 e. The summed E-state index contributed by atoms with van der Waals surface area (Å²) in [5.74, 6) is -0.261. The summed E-state index contributed by atoms with van der Waals surface area (Å²) >= 11 is 0. The Bertz CT molecular complexity index is 450. The second kappa shape index (κ2) is 6.21. The van der Waals surface area contributed by atoms with Gasteiger partial charge < -0.3 is 5.32 Å². The molecule has 0 saturated heterocycles. The Hall–Kier alpha value is -0.960. The van der Waals surface area contributed by atoms with Crippen LogP contribution in [0.2, 0.25) is 0 Å². The van der Waals surface area contributed by atoms with Crippen molar-refractivity contribution in [2.24, 2.45) is 11.8 Å². The van der Waals surface area contributed by atoms with Crippen LogP contribution in [0.4, 0.5) is 8.78 Å². The van der Waals surface area contributed by atoms with E-state index in [9.17, 15) is 8.78 Å². The zero-order valence-corrected chi connectivity index (χ0v) is 11.9. The van der Waals surface area contributed by atoms with Crippen molar-refractivity contribution in [2.75, 3.05) is 6.54 Å². The standard InChI is InChI=1S/C17H23F2N/c18-16-7-3-6-13(17(16)19)10-14(11-20-15-8-9-15)12-4-1-2-5-12/h3,6-7,12,14-15,20H,1-2,4-5,8-11H2. The van der Waals surface area contributed by atoms with Crippen LogP contribution >= 0.6 is 0 Å². The first-order chi connectivity index (χ1) is 9.74. The lowest BCUT2D eigenvalue weighted by Gasteiger charge is -2.24. The molecule has 2 fully saturated rings. The third-order valence-corrected chi connectivity index (χ3v) is 4.83. The molecule has 20 heavy (non-hydrogen) atoms. The molecule has 1 aromatic carbocycles. The predicted molar refractivity (Wildman–Crippen MR) is 76.5 cm³/mol. The molecule has 110 valence electrons. The van der Waals surface area contributed by atoms with Crippen LogP contribution in [-0.2, 0) is 6.42 Å². The van der Waals surface area contributed by atoms with Gasteiger partial charge >= 0.3 is 0 Å². The van der Waals surface area contributed by atoms with Crippen LogP contribution in [0.15, 0.2) is 18.2 Å². The van der Waals surface area contributed by atoms with Gasteiger partial charge in [-0.05, 0) is 49.3 Å². The van der Waals surface area contributed by atoms with Crippen LogP contribution in [0.1, 0.15) is 44.1 Å². The third-order valence-electron chi connectivity index (χ3n) is 4.83. The highest BCUT2D eigenvalue weighted by Crippen LogP contribution is 2.34. The van der Waals surface area contributed by atoms with Crippen molar-refractivity contribution in [3.05, 3.63) is 35.4 Å². The summed E-state index contributed by atoms with van der Waals surface area (Å²) in [6.07, 6.45) is 8.26. The molecule has 0 heterocycles. The van der Waals surface area contributed by atoms with Crippen molar-refractivity contribution in [3.8, 4) is 0 Å². The van der Waals surface area contributed by atoms with E-state index in [-0.39, 0.29) is 0 Å². The lowest BCUT2D eigenvalue weighted by molar-refractivity contribution is 0.315. The Morgan fingerprint density at radius 1 is 1.10 bits per heavy atom. The van der Waals surface area contributed by atoms with Gasteiger partial charge in [-0.15, -0.1) is 0 Å². The summed E-state index contributed by atoms with van der Waals surface area (Å²) in [5.41, 5.74) is 0.541. The number of nitrogens with one attached hydrogen (secondary N) is 1. The van der Waals surface area contributed by atoms with E-state index in [1.807, 2.05) is 0 Å². The number of halogens is 2. The molecule has 0 aromatic heterocycles. The number of hydrogen-bond acceptors (Lipinski definition) is 1. The highest BCUT2D eigenvalue weighted by molar-refractivity contribution is 5.19. The molecule has 2 saturated carbocycles. The fraction of sp³-hybridized carbons (Fsp3) is 0.647. The summed E-state index contributed by atoms with van der Waals surface area (Å²) in [7, 11) is 0. The van der Waals surface area contributed by atoms with Crippen molar-refractivity contribution in [3.63, 3.8) is 0 Å². The first-order valence-electron chi connectivity index (χ1n) is 7.90. The zero-order chi connectivity index (χ0) is 13.9. The number of benzene rings is 1. The molecule has 3 rings (SSSR count). The minimum absolute atomic E-state index is 0.439. The van der Waals surface area contributed by atoms with Crippen LogP contribution in [0.3, 0.4) is 0 Å². The van der Waals surface area contributed by atoms with Gasteiger partial charge in [0, 0.05) is 6.04 Å². The molecule has 0 aliphatic heterocycles. The highest BCUT2D eigenvalue weighted by atomic mass is 19.2. The lowest BCUT2D eigenvalue weighted by atomic mass is 9.85. The van der Waals surface area contributed by atoms with Gasteiger partial charge in [-0.1, -0.05) is 37.8 Å². The quantitative estimate of drug-likeness (QED) is 0.828. The van der Waals surface area contributed by atoms with E-state index in [0.29, 0.717) is 29.9 Å². The molecule has 3 heteroatoms. The van der Waals surface area contributed by atoms with E-state index in [0.717, 1.165) is 6.54 Å². The van der Waals surface area contributed by atoms with Crippen LogP contribution < -0.4 is 5.32 Å². The van der Waals surface area contributed by atoms with Gasteiger partial charge in [0.2, 0.25) is 0 Å². The minimum atomic E-state index is -0.720. The van der Waals surface area contributed by atoms with Crippen molar-refractivity contribution in [1.82, 2.24) is 5.32 Å². The zero-order valence-electron chi connectivity index (χ0n) is 11.9. The predicted octanol–water partition coefficient (Wildman–Crippen LogP) is 4.07. The monoisotopic (exact) mass is 279 g/mol. The molecule has 2 aliphatic carbocycles. The van der Waals surface area contributed by atoms with Gasteiger partial charge in [-0.3, -0.25) is 0 Å². The Kier molecular flexibility index (Phi) is 4.35. The van der Waals surface area contributed by atoms with Crippen molar-refractivity contribution < 1.29 is 8.78 Å². The topological polar surface area (TPSA) is 12.0 Å². The third kappa shape index (κ3) is 3.38. The second-order valence-electron chi connectivity index (χ2n) is 6.40. The Labute approximate surface area is 119 Å². The summed E-state index contributed by atoms with van der Waals surface area (Å²) in [5, 5.41) is 3.57. The van der Waals surface area contributed by atoms with Crippen LogP contribution in [-0.4, -0.2) is 12.6 Å². The average molecular weight is 279 g/mol. The first-order valence-corrected chi connectivity index (χ1v) is 7.90. The largest absolute Gasteiger partial charge is 0.314 e. The van der Waals surface area contributed by atoms with Gasteiger partial charge in [-0.2, -0.15) is 0 Å². The minimum Gasteiger partial charge on any atom is -0.314 e. The average Bonchev–Trinajstić information content (AvgIpc) is 3.11. The molecule has 0 amide bonds. The SMILES string of the molecule is Fc1cccc(CC(CNC2CC2)C2CCCC2)c1F. The van der Waals surface area contributed by atoms with E-state index in [1.165, 1.54) is 44.6 Å². The molecule has 0 spiro atoms. The molecule has 1 nitrogen and oxygen atoms in total. The highest BCUT2D eigenvalue weighted by Gasteiger charge is 2.28. The fourth-order valence-electron chi connectivity index (χ4n) is 3.43. The maximum atomic E-state index is 13.9. The molecule has 1 N–H and O–H groups in total. The summed E-state index contributed by atoms with van der Waals surface area (Å²) < 4.78 is 27.2. The van der Waals surface area contributed by atoms with Gasteiger partial charge in [0.1, 0.15) is 0 Å². The number of rotatable bonds is 6. The van der Waals surface area contributed by atoms with Crippen LogP contribution in [0, 0.1) is 23.5 Å². The van der Waals surface area contributed by atoms with Crippen LogP contribution in [0.5, 0.6) is 0 Å². The Balaban J connectivity index is 1.68. The van der Waals surface area contributed by atoms with E-state index in [4.69, 9.17) is 0 Å². The first kappa shape index (κ1) is 14.0. The van der Waals surface area contributed by atoms with Gasteiger partial charge in [0.15, 0.2) is 11.6 Å². The molecular weight excluding hydrogens is 256 g/mol. The molecule has 2 aliphatic rings. The van der Waals surface area contributed by atoms with Crippen LogP contribution in [0.25, 0.3) is 0 Å². The molecule has 1 aromatic rings. The van der Waals surface area contributed by atoms with E-state index in [2.05, 4.69) is 5.32 Å². The summed E-state index contributed by atoms with van der Waals surface area (Å²) in [6, 6.07) is 5.23. The van der Waals surface area contributed by atoms with E-state index < -0.39 is 11.6 Å². The molecule has 1 atom stereocenters. The van der Waals surface area contributed by atoms with Gasteiger partial charge in [0.25, 0.3) is 0 Å². The summed E-state index contributed by atoms with van der Waals surface area (Å²) in [4.78, 5) is 0. The van der Waals surface area contributed by atoms with Crippen molar-refractivity contribution in [2.45, 2.75) is 51.0 Å². The molecule has 1 unspecified atom stereocenters. The Morgan fingerprint density at radius 2 is 1.85 bits per heavy atom. The molecular formula is C17H23F2N. The maximum absolute atomic E-state index is 13.9. The fourth-order valence-corrected chi connectivity index (χ4v) is 3.43. The van der Waals surface area contributed by atoms with Gasteiger partial charge in [0.05, 0.1) is 0 Å². The number of hydrogen-bond donors (Lipinski definition) is 1. The summed E-state index contributed by atoms with van der Waals surface area (Å²) in [6.45, 7) is 0.950. The van der Waals surface area contributed by atoms with E-state index >= 15 is 0 Å². The molecule has 0 bridgehead atoms. The molecule has 0 radical (unpaired) electrons. The lowest BCUT2D eigenvalue weighted by Crippen LogP contribution is -2.30. The van der Waals surface area contributed by atoms with Gasteiger partial charge in [-0.25, -0.2) is 8.78 Å². The van der Waals surface area contributed by atoms with E-state index in [1.54, 1.807) is 12.1 Å². The van der Waals surface area contributed by atoms with Crippen molar-refractivity contribution >= 4 is 0 Å². The van der Waals surface area contributed by atoms with Crippen molar-refractivity contribution in [1.29, 1.82) is 0 Å². The maximum Gasteiger partial charge on any atom is 0.162 e. The second-order valence-corrected chi connectivity index (χ2v) is 6.40. The Morgan fingerprint density at radius 3 is 2.55 bits per heavy atom.